The summed E-state index contributed by atoms with van der Waals surface area (Å²) in [6.45, 7) is 22.3. The van der Waals surface area contributed by atoms with Crippen molar-refractivity contribution in [2.45, 2.75) is 119 Å². The fourth-order valence-electron chi connectivity index (χ4n) is 9.57. The molecule has 0 spiro atoms. The second-order valence-corrected chi connectivity index (χ2v) is 13.7. The van der Waals surface area contributed by atoms with E-state index < -0.39 is 0 Å². The fourth-order valence-corrected chi connectivity index (χ4v) is 9.57. The smallest absolute Gasteiger partial charge is 0.490 e. The Bertz CT molecular complexity index is 852. The molecule has 0 amide bonds. The summed E-state index contributed by atoms with van der Waals surface area (Å²) >= 11 is 0. The van der Waals surface area contributed by atoms with Crippen LogP contribution < -0.4 is 0 Å². The molecule has 6 aliphatic carbocycles. The largest absolute Gasteiger partial charge is 2.00 e. The summed E-state index contributed by atoms with van der Waals surface area (Å²) in [5.41, 5.74) is 4.94. The third kappa shape index (κ3) is 8.14. The first kappa shape index (κ1) is 36.7. The van der Waals surface area contributed by atoms with Gasteiger partial charge in [-0.25, -0.2) is 0 Å². The third-order valence-electron chi connectivity index (χ3n) is 12.0. The van der Waals surface area contributed by atoms with Crippen LogP contribution >= 0.6 is 0 Å². The normalized spacial score (nSPS) is 41.2. The van der Waals surface area contributed by atoms with Crippen molar-refractivity contribution < 1.29 is 39.0 Å². The predicted molar refractivity (Wildman–Crippen MR) is 166 cm³/mol. The molecular weight excluding hydrogens is 587 g/mol. The minimum atomic E-state index is 0. The first-order chi connectivity index (χ1) is 18.4. The summed E-state index contributed by atoms with van der Waals surface area (Å²) in [5.74, 6) is 9.65. The molecule has 0 aromatic carbocycles. The van der Waals surface area contributed by atoms with Crippen LogP contribution in [-0.2, 0) is 39.0 Å². The summed E-state index contributed by atoms with van der Waals surface area (Å²) in [4.78, 5) is 0. The molecule has 216 valence electrons. The average molecular weight is 648 g/mol. The molecule has 0 aromatic rings. The van der Waals surface area contributed by atoms with E-state index in [1.54, 1.807) is 16.7 Å². The van der Waals surface area contributed by atoms with Gasteiger partial charge in [0.15, 0.2) is 0 Å². The number of allylic oxidation sites excluding steroid dienone is 6. The second-order valence-electron chi connectivity index (χ2n) is 13.7. The average Bonchev–Trinajstić information content (AvgIpc) is 3.78. The van der Waals surface area contributed by atoms with Crippen molar-refractivity contribution in [3.05, 3.63) is 55.2 Å². The van der Waals surface area contributed by atoms with Crippen molar-refractivity contribution in [3.63, 3.8) is 0 Å². The van der Waals surface area contributed by atoms with E-state index in [0.29, 0.717) is 11.8 Å². The molecule has 2 heteroatoms. The molecule has 0 nitrogen and oxygen atoms in total. The van der Waals surface area contributed by atoms with Gasteiger partial charge in [0, 0.05) is 0 Å². The van der Waals surface area contributed by atoms with E-state index in [9.17, 15) is 0 Å². The van der Waals surface area contributed by atoms with Gasteiger partial charge in [0.2, 0.25) is 0 Å². The van der Waals surface area contributed by atoms with Crippen LogP contribution in [0.5, 0.6) is 0 Å². The molecule has 5 fully saturated rings. The maximum absolute atomic E-state index is 4.42. The Morgan fingerprint density at radius 1 is 0.900 bits per heavy atom. The molecule has 40 heavy (non-hydrogen) atoms. The maximum Gasteiger partial charge on any atom is 2.00 e. The van der Waals surface area contributed by atoms with E-state index >= 15 is 0 Å². The topological polar surface area (TPSA) is 0 Å². The monoisotopic (exact) mass is 644 g/mol. The van der Waals surface area contributed by atoms with Crippen LogP contribution in [-0.4, -0.2) is 0 Å². The van der Waals surface area contributed by atoms with Gasteiger partial charge >= 0.3 is 39.0 Å². The summed E-state index contributed by atoms with van der Waals surface area (Å²) in [6, 6.07) is 0. The number of hydrogen-bond donors (Lipinski definition) is 0. The molecule has 5 saturated carbocycles. The minimum absolute atomic E-state index is 0. The van der Waals surface area contributed by atoms with Gasteiger partial charge in [0.05, 0.1) is 0 Å². The number of rotatable bonds is 5. The molecule has 0 aliphatic heterocycles. The quantitative estimate of drug-likeness (QED) is 0.158. The summed E-state index contributed by atoms with van der Waals surface area (Å²) in [7, 11) is 0. The van der Waals surface area contributed by atoms with Gasteiger partial charge in [-0.15, -0.1) is 11.5 Å². The van der Waals surface area contributed by atoms with Crippen molar-refractivity contribution in [2.24, 2.45) is 65.1 Å². The summed E-state index contributed by atoms with van der Waals surface area (Å²) in [6.07, 6.45) is 27.3. The van der Waals surface area contributed by atoms with Gasteiger partial charge in [-0.2, -0.15) is 23.7 Å². The van der Waals surface area contributed by atoms with E-state index in [1.807, 2.05) is 0 Å². The third-order valence-corrected chi connectivity index (χ3v) is 12.0. The van der Waals surface area contributed by atoms with Gasteiger partial charge in [-0.05, 0) is 44.9 Å². The Hall–Kier alpha value is 0.467. The van der Waals surface area contributed by atoms with Crippen LogP contribution in [0, 0.1) is 91.4 Å². The molecule has 6 aliphatic rings. The molecule has 0 saturated heterocycles. The van der Waals surface area contributed by atoms with E-state index in [4.69, 9.17) is 0 Å². The van der Waals surface area contributed by atoms with Crippen molar-refractivity contribution in [3.8, 4) is 0 Å². The van der Waals surface area contributed by atoms with Crippen LogP contribution in [0.4, 0.5) is 0 Å². The maximum atomic E-state index is 4.42. The Balaban J connectivity index is 0.000000210. The molecule has 4 bridgehead atoms. The standard InChI is InChI=1S/C16H28.C11H17.C11H15.2Zn/c1-5-11(3)14-7-8-15-13(6-2)9-12(4)16(15)10-14;2*1-3-8-5-11-7-10(8)6-9(11)4-2;;/h11-16H,3-10H2,1-2H3;3,6,9-11H,4-5,7H2,1-2H3;3,10-11H,4-5,7H2,1-2H3;;/q-2;2*-1;2*+2/b;2*8-3+;;. The molecule has 0 aromatic heterocycles. The number of hydrogen-bond acceptors (Lipinski definition) is 0. The predicted octanol–water partition coefficient (Wildman–Crippen LogP) is 11.1. The van der Waals surface area contributed by atoms with Crippen molar-refractivity contribution in [1.82, 2.24) is 0 Å². The van der Waals surface area contributed by atoms with Crippen LogP contribution in [0.25, 0.3) is 0 Å². The Morgan fingerprint density at radius 3 is 2.12 bits per heavy atom. The van der Waals surface area contributed by atoms with Gasteiger partial charge in [-0.1, -0.05) is 127 Å². The Morgan fingerprint density at radius 2 is 1.62 bits per heavy atom. The second kappa shape index (κ2) is 17.1. The summed E-state index contributed by atoms with van der Waals surface area (Å²) in [5, 5.41) is 0. The SMILES string of the molecule is C/C=C1\CC2CC1[C-]=C2CC.C/C=C1\CC2CC1[CH-]C2CC.[CH2-]C(CC)C1CCC2C(CC)CC([CH2-])C2C1.[Zn+2].[Zn+2]. The van der Waals surface area contributed by atoms with Gasteiger partial charge in [-0.3, -0.25) is 5.57 Å². The van der Waals surface area contributed by atoms with Crippen LogP contribution in [0.2, 0.25) is 0 Å². The van der Waals surface area contributed by atoms with E-state index in [0.717, 1.165) is 53.3 Å². The summed E-state index contributed by atoms with van der Waals surface area (Å²) < 4.78 is 0. The van der Waals surface area contributed by atoms with Crippen LogP contribution in [0.15, 0.2) is 28.9 Å². The van der Waals surface area contributed by atoms with E-state index in [2.05, 4.69) is 80.0 Å². The van der Waals surface area contributed by atoms with Crippen LogP contribution in [0.3, 0.4) is 0 Å². The van der Waals surface area contributed by atoms with Crippen molar-refractivity contribution >= 4 is 0 Å². The Labute approximate surface area is 276 Å². The zero-order chi connectivity index (χ0) is 27.4. The number of fused-ring (bicyclic) bond motifs is 5. The zero-order valence-corrected chi connectivity index (χ0v) is 33.3. The van der Waals surface area contributed by atoms with Gasteiger partial charge in [0.25, 0.3) is 0 Å². The molecule has 0 N–H and O–H groups in total. The van der Waals surface area contributed by atoms with Crippen molar-refractivity contribution in [2.75, 3.05) is 0 Å². The first-order valence-electron chi connectivity index (χ1n) is 16.8. The molecule has 6 rings (SSSR count). The molecule has 0 radical (unpaired) electrons. The van der Waals surface area contributed by atoms with Crippen LogP contribution in [0.1, 0.15) is 119 Å². The molecule has 11 unspecified atom stereocenters. The Kier molecular flexibility index (Phi) is 15.7. The van der Waals surface area contributed by atoms with Gasteiger partial charge < -0.3 is 26.3 Å². The molecular formula is C38H60Zn2. The fraction of sp³-hybridized carbons (Fsp3) is 0.763. The van der Waals surface area contributed by atoms with E-state index in [-0.39, 0.29) is 39.0 Å². The minimum Gasteiger partial charge on any atom is -0.490 e. The van der Waals surface area contributed by atoms with E-state index in [1.165, 1.54) is 77.0 Å². The molecule has 0 heterocycles. The molecule has 11 atom stereocenters. The zero-order valence-electron chi connectivity index (χ0n) is 27.4. The van der Waals surface area contributed by atoms with Gasteiger partial charge in [0.1, 0.15) is 0 Å². The van der Waals surface area contributed by atoms with Crippen molar-refractivity contribution in [1.29, 1.82) is 0 Å². The first-order valence-corrected chi connectivity index (χ1v) is 16.8.